The highest BCUT2D eigenvalue weighted by atomic mass is 31.2. The van der Waals surface area contributed by atoms with Crippen molar-refractivity contribution in [3.8, 4) is 11.5 Å². The van der Waals surface area contributed by atoms with E-state index < -0.39 is 19.2 Å². The van der Waals surface area contributed by atoms with E-state index in [0.717, 1.165) is 19.3 Å². The Hall–Kier alpha value is -1.21. The first-order valence-electron chi connectivity index (χ1n) is 7.88. The van der Waals surface area contributed by atoms with E-state index in [2.05, 4.69) is 0 Å². The van der Waals surface area contributed by atoms with Crippen molar-refractivity contribution in [1.29, 1.82) is 0 Å². The van der Waals surface area contributed by atoms with Gasteiger partial charge in [0.1, 0.15) is 0 Å². The monoisotopic (exact) mass is 367 g/mol. The van der Waals surface area contributed by atoms with Gasteiger partial charge in [-0.05, 0) is 31.9 Å². The van der Waals surface area contributed by atoms with Gasteiger partial charge in [0.05, 0.1) is 13.2 Å². The molecule has 24 heavy (non-hydrogen) atoms. The first-order chi connectivity index (χ1) is 11.4. The fraction of sp³-hybridized carbons (Fsp3) is 0.600. The molecule has 0 saturated carbocycles. The molecule has 0 bridgehead atoms. The largest absolute Gasteiger partial charge is 0.491 e. The van der Waals surface area contributed by atoms with Gasteiger partial charge in [-0.15, -0.1) is 5.25 Å². The van der Waals surface area contributed by atoms with E-state index in [9.17, 15) is 13.3 Å². The third-order valence-corrected chi connectivity index (χ3v) is 4.57. The number of hydrogen-bond acceptors (Lipinski definition) is 4. The Bertz CT molecular complexity index is 559. The molecule has 0 radical (unpaired) electrons. The summed E-state index contributed by atoms with van der Waals surface area (Å²) in [4.78, 5) is 9.09. The first kappa shape index (κ1) is 20.8. The van der Waals surface area contributed by atoms with E-state index in [4.69, 9.17) is 19.6 Å². The van der Waals surface area contributed by atoms with Crippen molar-refractivity contribution in [2.24, 2.45) is 0 Å². The maximum Gasteiger partial charge on any atom is 0.289 e. The molecule has 0 aromatic heterocycles. The zero-order valence-electron chi connectivity index (χ0n) is 13.6. The van der Waals surface area contributed by atoms with Gasteiger partial charge < -0.3 is 19.6 Å². The highest BCUT2D eigenvalue weighted by molar-refractivity contribution is 7.55. The van der Waals surface area contributed by atoms with Crippen LogP contribution in [0.4, 0.5) is 8.78 Å². The maximum absolute atomic E-state index is 13.8. The minimum absolute atomic E-state index is 0.0106. The van der Waals surface area contributed by atoms with E-state index >= 15 is 0 Å². The number of benzene rings is 1. The van der Waals surface area contributed by atoms with Crippen LogP contribution in [0.1, 0.15) is 39.0 Å². The Kier molecular flexibility index (Phi) is 9.21. The van der Waals surface area contributed by atoms with Crippen LogP contribution >= 0.6 is 7.52 Å². The summed E-state index contributed by atoms with van der Waals surface area (Å²) in [5.74, 6) is -2.40. The van der Waals surface area contributed by atoms with Gasteiger partial charge in [-0.25, -0.2) is 0 Å². The van der Waals surface area contributed by atoms with Crippen molar-refractivity contribution in [3.63, 3.8) is 0 Å². The lowest BCUT2D eigenvalue weighted by atomic mass is 10.2. The number of rotatable bonds is 12. The molecule has 0 heterocycles. The van der Waals surface area contributed by atoms with Gasteiger partial charge in [0.25, 0.3) is 7.52 Å². The number of unbranched alkanes of at least 4 members (excludes halogenated alkanes) is 4. The molecule has 1 unspecified atom stereocenters. The third-order valence-electron chi connectivity index (χ3n) is 3.33. The van der Waals surface area contributed by atoms with Gasteiger partial charge in [-0.1, -0.05) is 19.3 Å². The summed E-state index contributed by atoms with van der Waals surface area (Å²) in [5, 5.41) is 9.83. The maximum atomic E-state index is 13.8. The van der Waals surface area contributed by atoms with Gasteiger partial charge in [0, 0.05) is 6.16 Å². The van der Waals surface area contributed by atoms with Gasteiger partial charge in [0.15, 0.2) is 11.5 Å². The number of halogens is 2. The smallest absolute Gasteiger partial charge is 0.289 e. The predicted octanol–water partition coefficient (Wildman–Crippen LogP) is 3.86. The average molecular weight is 367 g/mol. The van der Waals surface area contributed by atoms with E-state index in [-0.39, 0.29) is 30.9 Å². The highest BCUT2D eigenvalue weighted by Crippen LogP contribution is 2.35. The molecule has 0 saturated heterocycles. The lowest BCUT2D eigenvalue weighted by Gasteiger charge is -2.10. The second kappa shape index (κ2) is 10.6. The quantitative estimate of drug-likeness (QED) is 0.295. The molecule has 1 aromatic rings. The zero-order valence-corrected chi connectivity index (χ0v) is 14.5. The molecule has 0 spiro atoms. The van der Waals surface area contributed by atoms with Crippen LogP contribution in [0.5, 0.6) is 11.5 Å². The lowest BCUT2D eigenvalue weighted by Crippen LogP contribution is -2.06. The Morgan fingerprint density at radius 1 is 1.04 bits per heavy atom. The first-order valence-corrected chi connectivity index (χ1v) is 9.72. The summed E-state index contributed by atoms with van der Waals surface area (Å²) in [5.41, 5.74) is 0. The Morgan fingerprint density at radius 2 is 1.58 bits per heavy atom. The van der Waals surface area contributed by atoms with Crippen molar-refractivity contribution >= 4 is 7.52 Å². The molecule has 0 fully saturated rings. The number of ether oxygens (including phenoxy) is 2. The fourth-order valence-corrected chi connectivity index (χ4v) is 2.84. The number of nitrogens with one attached hydrogen (secondary N) is 1. The van der Waals surface area contributed by atoms with Gasteiger partial charge in [-0.2, -0.15) is 8.78 Å². The SMILES string of the molecule is CCOc1ccc(OCCCCCCCP(=O)(O)NO)c(F)c1F. The molecular formula is C15H24F2NO5P. The summed E-state index contributed by atoms with van der Waals surface area (Å²) in [7, 11) is -3.60. The van der Waals surface area contributed by atoms with Crippen LogP contribution < -0.4 is 14.7 Å². The van der Waals surface area contributed by atoms with Gasteiger partial charge in [0.2, 0.25) is 11.6 Å². The number of hydrogen-bond donors (Lipinski definition) is 3. The third kappa shape index (κ3) is 7.13. The standard InChI is InChI=1S/C15H24F2NO5P/c1-2-22-12-8-9-13(15(17)14(12)16)23-10-6-4-3-5-7-11-24(20,21)18-19/h8-9,19H,2-7,10-11H2,1H3,(H2,18,20,21). The van der Waals surface area contributed by atoms with Crippen molar-refractivity contribution in [2.75, 3.05) is 19.4 Å². The normalized spacial score (nSPS) is 13.5. The summed E-state index contributed by atoms with van der Waals surface area (Å²) < 4.78 is 48.7. The van der Waals surface area contributed by atoms with E-state index in [0.29, 0.717) is 12.8 Å². The zero-order chi connectivity index (χ0) is 18.0. The Balaban J connectivity index is 2.22. The van der Waals surface area contributed by atoms with Crippen LogP contribution in [0, 0.1) is 11.6 Å². The summed E-state index contributed by atoms with van der Waals surface area (Å²) in [6, 6.07) is 2.67. The van der Waals surface area contributed by atoms with E-state index in [1.54, 1.807) is 6.92 Å². The molecule has 138 valence electrons. The van der Waals surface area contributed by atoms with Gasteiger partial charge in [-0.3, -0.25) is 4.57 Å². The van der Waals surface area contributed by atoms with Crippen molar-refractivity contribution in [1.82, 2.24) is 5.25 Å². The second-order valence-corrected chi connectivity index (χ2v) is 7.31. The molecular weight excluding hydrogens is 343 g/mol. The fourth-order valence-electron chi connectivity index (χ4n) is 2.08. The predicted molar refractivity (Wildman–Crippen MR) is 85.7 cm³/mol. The van der Waals surface area contributed by atoms with Crippen LogP contribution in [0.3, 0.4) is 0 Å². The molecule has 0 amide bonds. The summed E-state index contributed by atoms with van der Waals surface area (Å²) in [6.07, 6.45) is 3.53. The van der Waals surface area contributed by atoms with Crippen molar-refractivity contribution < 1.29 is 32.9 Å². The van der Waals surface area contributed by atoms with Crippen molar-refractivity contribution in [3.05, 3.63) is 23.8 Å². The Morgan fingerprint density at radius 3 is 2.17 bits per heavy atom. The van der Waals surface area contributed by atoms with Crippen LogP contribution in [-0.2, 0) is 4.57 Å². The molecule has 3 N–H and O–H groups in total. The van der Waals surface area contributed by atoms with E-state index in [1.165, 1.54) is 17.4 Å². The topological polar surface area (TPSA) is 88.0 Å². The van der Waals surface area contributed by atoms with Gasteiger partial charge >= 0.3 is 0 Å². The highest BCUT2D eigenvalue weighted by Gasteiger charge is 2.16. The molecule has 0 aliphatic carbocycles. The van der Waals surface area contributed by atoms with Crippen LogP contribution in [-0.4, -0.2) is 29.5 Å². The van der Waals surface area contributed by atoms with E-state index in [1.807, 2.05) is 0 Å². The molecule has 9 heteroatoms. The molecule has 1 aromatic carbocycles. The summed E-state index contributed by atoms with van der Waals surface area (Å²) >= 11 is 0. The lowest BCUT2D eigenvalue weighted by molar-refractivity contribution is 0.222. The minimum Gasteiger partial charge on any atom is -0.491 e. The van der Waals surface area contributed by atoms with Crippen LogP contribution in [0.25, 0.3) is 0 Å². The Labute approximate surface area is 140 Å². The second-order valence-electron chi connectivity index (χ2n) is 5.26. The van der Waals surface area contributed by atoms with Crippen LogP contribution in [0.2, 0.25) is 0 Å². The average Bonchev–Trinajstić information content (AvgIpc) is 2.56. The minimum atomic E-state index is -3.60. The molecule has 1 rings (SSSR count). The molecule has 0 aliphatic rings. The van der Waals surface area contributed by atoms with Crippen molar-refractivity contribution in [2.45, 2.75) is 39.0 Å². The van der Waals surface area contributed by atoms with Crippen LogP contribution in [0.15, 0.2) is 12.1 Å². The molecule has 1 atom stereocenters. The summed E-state index contributed by atoms with van der Waals surface area (Å²) in [6.45, 7) is 2.18. The molecule has 6 nitrogen and oxygen atoms in total. The molecule has 0 aliphatic heterocycles.